The maximum absolute atomic E-state index is 14.3. The molecule has 3 heterocycles. The number of halogens is 1. The number of benzene rings is 4. The predicted octanol–water partition coefficient (Wildman–Crippen LogP) is 6.95. The van der Waals surface area contributed by atoms with Gasteiger partial charge in [-0.2, -0.15) is 0 Å². The van der Waals surface area contributed by atoms with Crippen LogP contribution in [0, 0.1) is 19.7 Å². The number of esters is 1. The van der Waals surface area contributed by atoms with Crippen molar-refractivity contribution in [1.82, 2.24) is 15.2 Å². The van der Waals surface area contributed by atoms with Crippen molar-refractivity contribution in [3.05, 3.63) is 164 Å². The van der Waals surface area contributed by atoms with Gasteiger partial charge in [0, 0.05) is 51.4 Å². The monoisotopic (exact) mass is 657 g/mol. The Morgan fingerprint density at radius 3 is 2.27 bits per heavy atom. The molecule has 1 aromatic heterocycles. The first-order valence-corrected chi connectivity index (χ1v) is 16.0. The molecule has 0 radical (unpaired) electrons. The molecule has 0 spiro atoms. The number of aromatic nitrogens is 1. The van der Waals surface area contributed by atoms with E-state index in [1.165, 1.54) is 12.1 Å². The highest BCUT2D eigenvalue weighted by atomic mass is 32.2. The van der Waals surface area contributed by atoms with E-state index in [0.717, 1.165) is 34.4 Å². The lowest BCUT2D eigenvalue weighted by Gasteiger charge is -2.31. The number of amides is 3. The van der Waals surface area contributed by atoms with Gasteiger partial charge in [-0.15, -0.1) is 0 Å². The molecular formula is C38H28FN3O5S. The number of carbonyl (C=O) groups excluding carboxylic acids is 4. The van der Waals surface area contributed by atoms with Gasteiger partial charge in [-0.05, 0) is 79.7 Å². The second-order valence-corrected chi connectivity index (χ2v) is 12.5. The number of imide groups is 1. The highest BCUT2D eigenvalue weighted by molar-refractivity contribution is 8.18. The third kappa shape index (κ3) is 5.20. The highest BCUT2D eigenvalue weighted by Crippen LogP contribution is 2.50. The van der Waals surface area contributed by atoms with Crippen LogP contribution in [0.25, 0.3) is 11.8 Å². The molecule has 1 unspecified atom stereocenters. The topological polar surface area (TPSA) is 107 Å². The zero-order valence-corrected chi connectivity index (χ0v) is 26.7. The van der Waals surface area contributed by atoms with Gasteiger partial charge >= 0.3 is 5.97 Å². The molecule has 48 heavy (non-hydrogen) atoms. The molecule has 1 fully saturated rings. The summed E-state index contributed by atoms with van der Waals surface area (Å²) in [6, 6.07) is 29.6. The molecule has 0 bridgehead atoms. The van der Waals surface area contributed by atoms with Crippen LogP contribution in [0.1, 0.15) is 59.9 Å². The van der Waals surface area contributed by atoms with E-state index in [1.807, 2.05) is 56.3 Å². The maximum Gasteiger partial charge on any atom is 0.340 e. The Balaban J connectivity index is 1.32. The van der Waals surface area contributed by atoms with Crippen LogP contribution in [0.4, 0.5) is 9.18 Å². The van der Waals surface area contributed by atoms with E-state index in [4.69, 9.17) is 4.74 Å². The standard InChI is InChI=1S/C38H28FN3O5S/c1-22-30(21-40-34(43)25-14-12-24(13-15-25)20-32-35(44)41-37(46)48-32)33(23(2)42(22)28-8-4-3-5-9-28)38(26-16-18-27(39)19-17-26)31-11-7-6-10-29(31)36(45)47-38/h3-20H,21H2,1-2H3,(H,40,43)(H,41,44,46)/b32-20+. The summed E-state index contributed by atoms with van der Waals surface area (Å²) in [5, 5.41) is 4.85. The Morgan fingerprint density at radius 1 is 0.896 bits per heavy atom. The summed E-state index contributed by atoms with van der Waals surface area (Å²) < 4.78 is 22.7. The number of fused-ring (bicyclic) bond motifs is 1. The third-order valence-corrected chi connectivity index (χ3v) is 9.51. The number of hydrogen-bond donors (Lipinski definition) is 2. The molecule has 1 atom stereocenters. The molecule has 238 valence electrons. The van der Waals surface area contributed by atoms with E-state index in [0.29, 0.717) is 33.4 Å². The van der Waals surface area contributed by atoms with Crippen LogP contribution in [0.3, 0.4) is 0 Å². The summed E-state index contributed by atoms with van der Waals surface area (Å²) in [4.78, 5) is 50.7. The van der Waals surface area contributed by atoms with E-state index < -0.39 is 28.5 Å². The Kier molecular flexibility index (Phi) is 7.80. The van der Waals surface area contributed by atoms with E-state index in [-0.39, 0.29) is 17.4 Å². The first-order chi connectivity index (χ1) is 23.2. The lowest BCUT2D eigenvalue weighted by Crippen LogP contribution is -2.33. The number of ether oxygens (including phenoxy) is 1. The number of cyclic esters (lactones) is 1. The third-order valence-electron chi connectivity index (χ3n) is 8.70. The quantitative estimate of drug-likeness (QED) is 0.145. The fourth-order valence-electron chi connectivity index (χ4n) is 6.57. The zero-order chi connectivity index (χ0) is 33.6. The predicted molar refractivity (Wildman–Crippen MR) is 180 cm³/mol. The number of thioether (sulfide) groups is 1. The Morgan fingerprint density at radius 2 is 1.58 bits per heavy atom. The second-order valence-electron chi connectivity index (χ2n) is 11.5. The molecular weight excluding hydrogens is 629 g/mol. The first-order valence-electron chi connectivity index (χ1n) is 15.2. The van der Waals surface area contributed by atoms with Gasteiger partial charge in [-0.1, -0.05) is 60.7 Å². The molecule has 2 aliphatic heterocycles. The van der Waals surface area contributed by atoms with Gasteiger partial charge < -0.3 is 14.6 Å². The summed E-state index contributed by atoms with van der Waals surface area (Å²) in [5.41, 5.74) is 5.18. The van der Waals surface area contributed by atoms with E-state index in [1.54, 1.807) is 54.6 Å². The normalized spacial score (nSPS) is 17.7. The molecule has 2 N–H and O–H groups in total. The van der Waals surface area contributed by atoms with Crippen molar-refractivity contribution in [3.8, 4) is 5.69 Å². The minimum absolute atomic E-state index is 0.0913. The van der Waals surface area contributed by atoms with Crippen LogP contribution < -0.4 is 10.6 Å². The minimum atomic E-state index is -1.42. The van der Waals surface area contributed by atoms with Crippen LogP contribution in [0.2, 0.25) is 0 Å². The largest absolute Gasteiger partial charge is 0.440 e. The highest BCUT2D eigenvalue weighted by Gasteiger charge is 2.51. The maximum atomic E-state index is 14.3. The SMILES string of the molecule is Cc1c(CNC(=O)c2ccc(/C=C3/SC(=O)NC3=O)cc2)c(C2(c3ccc(F)cc3)OC(=O)c3ccccc32)c(C)n1-c1ccccc1. The fourth-order valence-corrected chi connectivity index (χ4v) is 7.25. The summed E-state index contributed by atoms with van der Waals surface area (Å²) in [5.74, 6) is -1.71. The van der Waals surface area contributed by atoms with Crippen molar-refractivity contribution in [2.24, 2.45) is 0 Å². The average Bonchev–Trinajstić information content (AvgIpc) is 3.67. The average molecular weight is 658 g/mol. The van der Waals surface area contributed by atoms with Gasteiger partial charge in [0.05, 0.1) is 10.5 Å². The summed E-state index contributed by atoms with van der Waals surface area (Å²) in [7, 11) is 0. The molecule has 0 saturated carbocycles. The number of nitrogens with one attached hydrogen (secondary N) is 2. The van der Waals surface area contributed by atoms with Gasteiger partial charge in [-0.25, -0.2) is 9.18 Å². The summed E-state index contributed by atoms with van der Waals surface area (Å²) >= 11 is 0.824. The van der Waals surface area contributed by atoms with E-state index in [9.17, 15) is 23.6 Å². The Labute approximate surface area is 279 Å². The van der Waals surface area contributed by atoms with E-state index in [2.05, 4.69) is 15.2 Å². The fraction of sp³-hybridized carbons (Fsp3) is 0.105. The zero-order valence-electron chi connectivity index (χ0n) is 25.9. The first kappa shape index (κ1) is 30.9. The van der Waals surface area contributed by atoms with Gasteiger partial charge in [0.1, 0.15) is 5.82 Å². The van der Waals surface area contributed by atoms with Crippen LogP contribution in [-0.2, 0) is 21.7 Å². The molecule has 3 amide bonds. The summed E-state index contributed by atoms with van der Waals surface area (Å²) in [6.07, 6.45) is 1.59. The minimum Gasteiger partial charge on any atom is -0.440 e. The molecule has 0 aliphatic carbocycles. The molecule has 1 saturated heterocycles. The second kappa shape index (κ2) is 12.1. The summed E-state index contributed by atoms with van der Waals surface area (Å²) in [6.45, 7) is 3.99. The van der Waals surface area contributed by atoms with Gasteiger partial charge in [0.2, 0.25) is 0 Å². The van der Waals surface area contributed by atoms with Crippen LogP contribution in [0.15, 0.2) is 108 Å². The Hall–Kier alpha value is -5.74. The van der Waals surface area contributed by atoms with Crippen molar-refractivity contribution in [2.45, 2.75) is 26.0 Å². The van der Waals surface area contributed by atoms with Crippen LogP contribution >= 0.6 is 11.8 Å². The molecule has 10 heteroatoms. The number of carbonyl (C=O) groups is 4. The lowest BCUT2D eigenvalue weighted by molar-refractivity contribution is -0.115. The molecule has 8 nitrogen and oxygen atoms in total. The van der Waals surface area contributed by atoms with Gasteiger partial charge in [0.25, 0.3) is 17.1 Å². The van der Waals surface area contributed by atoms with E-state index >= 15 is 0 Å². The van der Waals surface area contributed by atoms with Crippen molar-refractivity contribution < 1.29 is 28.3 Å². The number of para-hydroxylation sites is 1. The van der Waals surface area contributed by atoms with Gasteiger partial charge in [0.15, 0.2) is 5.60 Å². The van der Waals surface area contributed by atoms with Gasteiger partial charge in [-0.3, -0.25) is 19.7 Å². The van der Waals surface area contributed by atoms with Crippen LogP contribution in [-0.4, -0.2) is 27.6 Å². The molecule has 4 aromatic carbocycles. The smallest absolute Gasteiger partial charge is 0.340 e. The molecule has 5 aromatic rings. The van der Waals surface area contributed by atoms with Crippen molar-refractivity contribution >= 4 is 40.9 Å². The van der Waals surface area contributed by atoms with Crippen molar-refractivity contribution in [2.75, 3.05) is 0 Å². The van der Waals surface area contributed by atoms with Crippen molar-refractivity contribution in [1.29, 1.82) is 0 Å². The molecule has 2 aliphatic rings. The molecule has 7 rings (SSSR count). The lowest BCUT2D eigenvalue weighted by atomic mass is 9.78. The number of nitrogens with zero attached hydrogens (tertiary/aromatic N) is 1. The van der Waals surface area contributed by atoms with Crippen LogP contribution in [0.5, 0.6) is 0 Å². The Bertz CT molecular complexity index is 2160. The number of hydrogen-bond acceptors (Lipinski definition) is 6. The van der Waals surface area contributed by atoms with Crippen molar-refractivity contribution in [3.63, 3.8) is 0 Å². The number of rotatable bonds is 7.